The third-order valence-electron chi connectivity index (χ3n) is 22.6. The second kappa shape index (κ2) is 82.7. The molecule has 112 heavy (non-hydrogen) atoms. The molecular weight excluding hydrogens is 1450 g/mol. The normalized spacial score (nSPS) is 14.2. The lowest BCUT2D eigenvalue weighted by molar-refractivity contribution is -0.161. The SMILES string of the molecule is CCCCCCCCCCCCCCCCCCCCCCC(=O)OC[C@H](COP(=O)(O)OC[C@@H](O)COP(=O)(O)OC[C@@H](COC(=O)CCCCCCCCCCC(C)CC)OC(=O)CCCCCCCCCCCCCCCCCC(C)C)OC(=O)CCCCCCCCCCCCCCCCCCCCC(C)CC. The van der Waals surface area contributed by atoms with Crippen molar-refractivity contribution in [1.29, 1.82) is 0 Å². The average molecular weight is 1630 g/mol. The highest BCUT2D eigenvalue weighted by Gasteiger charge is 2.31. The molecule has 666 valence electrons. The van der Waals surface area contributed by atoms with Gasteiger partial charge in [-0.25, -0.2) is 9.13 Å². The van der Waals surface area contributed by atoms with Gasteiger partial charge in [0, 0.05) is 25.7 Å². The maximum absolute atomic E-state index is 13.2. The third kappa shape index (κ3) is 83.1. The van der Waals surface area contributed by atoms with Crippen LogP contribution in [0.15, 0.2) is 0 Å². The Morgan fingerprint density at radius 1 is 0.259 bits per heavy atom. The number of carbonyl (C=O) groups excluding carboxylic acids is 4. The summed E-state index contributed by atoms with van der Waals surface area (Å²) in [5, 5.41) is 10.7. The van der Waals surface area contributed by atoms with Gasteiger partial charge in [-0.3, -0.25) is 37.3 Å². The highest BCUT2D eigenvalue weighted by atomic mass is 31.2. The van der Waals surface area contributed by atoms with Crippen LogP contribution in [0.5, 0.6) is 0 Å². The molecule has 0 aliphatic rings. The van der Waals surface area contributed by atoms with Crippen LogP contribution in [0.4, 0.5) is 0 Å². The van der Waals surface area contributed by atoms with Gasteiger partial charge < -0.3 is 33.8 Å². The molecule has 0 amide bonds. The number of aliphatic hydroxyl groups excluding tert-OH is 1. The Balaban J connectivity index is 5.25. The number of hydrogen-bond donors (Lipinski definition) is 3. The first-order valence-corrected chi connectivity index (χ1v) is 50.9. The van der Waals surface area contributed by atoms with E-state index in [2.05, 4.69) is 48.5 Å². The van der Waals surface area contributed by atoms with E-state index >= 15 is 0 Å². The van der Waals surface area contributed by atoms with Crippen LogP contribution in [0.3, 0.4) is 0 Å². The van der Waals surface area contributed by atoms with E-state index in [1.165, 1.54) is 308 Å². The molecule has 4 unspecified atom stereocenters. The zero-order valence-corrected chi connectivity index (χ0v) is 75.9. The fourth-order valence-corrected chi connectivity index (χ4v) is 16.1. The molecule has 0 fully saturated rings. The smallest absolute Gasteiger partial charge is 0.462 e. The van der Waals surface area contributed by atoms with Crippen molar-refractivity contribution in [3.8, 4) is 0 Å². The molecule has 0 rings (SSSR count). The molecule has 0 aliphatic carbocycles. The number of unbranched alkanes of at least 4 members (excludes halogenated alkanes) is 57. The molecule has 0 spiro atoms. The minimum absolute atomic E-state index is 0.108. The zero-order chi connectivity index (χ0) is 82.2. The van der Waals surface area contributed by atoms with E-state index in [-0.39, 0.29) is 25.7 Å². The predicted molar refractivity (Wildman–Crippen MR) is 465 cm³/mol. The van der Waals surface area contributed by atoms with Crippen LogP contribution < -0.4 is 0 Å². The van der Waals surface area contributed by atoms with Crippen LogP contribution in [-0.2, 0) is 65.4 Å². The van der Waals surface area contributed by atoms with Gasteiger partial charge in [0.05, 0.1) is 26.4 Å². The lowest BCUT2D eigenvalue weighted by Gasteiger charge is -2.21. The summed E-state index contributed by atoms with van der Waals surface area (Å²) in [6.07, 6.45) is 76.4. The van der Waals surface area contributed by atoms with E-state index in [0.717, 1.165) is 108 Å². The van der Waals surface area contributed by atoms with Crippen molar-refractivity contribution in [2.75, 3.05) is 39.6 Å². The first kappa shape index (κ1) is 110. The van der Waals surface area contributed by atoms with Crippen molar-refractivity contribution in [3.05, 3.63) is 0 Å². The van der Waals surface area contributed by atoms with Crippen LogP contribution in [0.1, 0.15) is 498 Å². The molecule has 0 saturated carbocycles. The largest absolute Gasteiger partial charge is 0.472 e. The summed E-state index contributed by atoms with van der Waals surface area (Å²) in [6.45, 7) is 12.1. The van der Waals surface area contributed by atoms with Crippen LogP contribution in [0, 0.1) is 17.8 Å². The monoisotopic (exact) mass is 1630 g/mol. The number of esters is 4. The number of ether oxygens (including phenoxy) is 4. The van der Waals surface area contributed by atoms with Gasteiger partial charge in [-0.1, -0.05) is 447 Å². The van der Waals surface area contributed by atoms with E-state index in [1.54, 1.807) is 0 Å². The molecule has 7 atom stereocenters. The Hall–Kier alpha value is -1.94. The van der Waals surface area contributed by atoms with Crippen molar-refractivity contribution >= 4 is 39.5 Å². The van der Waals surface area contributed by atoms with Crippen LogP contribution >= 0.6 is 15.6 Å². The topological polar surface area (TPSA) is 237 Å². The van der Waals surface area contributed by atoms with E-state index in [1.807, 2.05) is 0 Å². The van der Waals surface area contributed by atoms with E-state index in [0.29, 0.717) is 25.7 Å². The van der Waals surface area contributed by atoms with E-state index in [4.69, 9.17) is 37.0 Å². The molecule has 19 heteroatoms. The first-order valence-electron chi connectivity index (χ1n) is 47.9. The van der Waals surface area contributed by atoms with Crippen LogP contribution in [0.2, 0.25) is 0 Å². The van der Waals surface area contributed by atoms with Crippen molar-refractivity contribution in [3.63, 3.8) is 0 Å². The molecular formula is C93H182O17P2. The van der Waals surface area contributed by atoms with E-state index in [9.17, 15) is 43.2 Å². The zero-order valence-electron chi connectivity index (χ0n) is 74.2. The number of phosphoric ester groups is 2. The minimum Gasteiger partial charge on any atom is -0.462 e. The predicted octanol–water partition coefficient (Wildman–Crippen LogP) is 28.8. The van der Waals surface area contributed by atoms with Gasteiger partial charge in [0.25, 0.3) is 0 Å². The highest BCUT2D eigenvalue weighted by Crippen LogP contribution is 2.45. The number of aliphatic hydroxyl groups is 1. The highest BCUT2D eigenvalue weighted by molar-refractivity contribution is 7.47. The molecule has 17 nitrogen and oxygen atoms in total. The van der Waals surface area contributed by atoms with Gasteiger partial charge in [0.15, 0.2) is 12.2 Å². The summed E-state index contributed by atoms with van der Waals surface area (Å²) in [5.41, 5.74) is 0. The molecule has 0 saturated heterocycles. The summed E-state index contributed by atoms with van der Waals surface area (Å²) < 4.78 is 69.1. The van der Waals surface area contributed by atoms with Crippen molar-refractivity contribution in [2.24, 2.45) is 17.8 Å². The Bertz CT molecular complexity index is 2150. The first-order chi connectivity index (χ1) is 54.3. The van der Waals surface area contributed by atoms with Crippen molar-refractivity contribution in [2.45, 2.75) is 516 Å². The molecule has 0 aliphatic heterocycles. The van der Waals surface area contributed by atoms with Crippen molar-refractivity contribution < 1.29 is 80.2 Å². The minimum atomic E-state index is -4.97. The van der Waals surface area contributed by atoms with Crippen LogP contribution in [0.25, 0.3) is 0 Å². The second-order valence-electron chi connectivity index (χ2n) is 34.4. The number of hydrogen-bond acceptors (Lipinski definition) is 15. The number of rotatable bonds is 91. The summed E-state index contributed by atoms with van der Waals surface area (Å²) in [7, 11) is -9.94. The average Bonchev–Trinajstić information content (AvgIpc) is 0.899. The Labute approximate surface area is 689 Å². The lowest BCUT2D eigenvalue weighted by Crippen LogP contribution is -2.30. The van der Waals surface area contributed by atoms with Gasteiger partial charge >= 0.3 is 39.5 Å². The van der Waals surface area contributed by atoms with Gasteiger partial charge in [-0.15, -0.1) is 0 Å². The van der Waals surface area contributed by atoms with Crippen molar-refractivity contribution in [1.82, 2.24) is 0 Å². The van der Waals surface area contributed by atoms with E-state index < -0.39 is 97.5 Å². The fourth-order valence-electron chi connectivity index (χ4n) is 14.5. The van der Waals surface area contributed by atoms with Gasteiger partial charge in [-0.2, -0.15) is 0 Å². The quantitative estimate of drug-likeness (QED) is 0.0222. The van der Waals surface area contributed by atoms with Gasteiger partial charge in [0.2, 0.25) is 0 Å². The van der Waals surface area contributed by atoms with Crippen LogP contribution in [-0.4, -0.2) is 96.7 Å². The molecule has 0 aromatic rings. The van der Waals surface area contributed by atoms with Gasteiger partial charge in [-0.05, 0) is 43.4 Å². The summed E-state index contributed by atoms with van der Waals surface area (Å²) in [4.78, 5) is 73.5. The lowest BCUT2D eigenvalue weighted by atomic mass is 9.99. The Morgan fingerprint density at radius 3 is 0.679 bits per heavy atom. The summed E-state index contributed by atoms with van der Waals surface area (Å²) in [6, 6.07) is 0. The second-order valence-corrected chi connectivity index (χ2v) is 37.3. The Kier molecular flexibility index (Phi) is 81.3. The Morgan fingerprint density at radius 2 is 0.455 bits per heavy atom. The van der Waals surface area contributed by atoms with Gasteiger partial charge in [0.1, 0.15) is 19.3 Å². The maximum Gasteiger partial charge on any atom is 0.472 e. The molecule has 0 aromatic carbocycles. The number of phosphoric acid groups is 2. The fraction of sp³-hybridized carbons (Fsp3) is 0.957. The standard InChI is InChI=1S/C93H182O17P2/c1-8-11-12-13-14-15-16-17-18-19-20-21-25-30-35-40-45-53-60-67-74-90(95)103-80-88(109-92(97)76-69-62-55-46-41-36-31-26-23-22-24-29-34-39-44-51-58-65-72-85(6)9-2)82-107-111(99,100)105-78-87(94)79-106-112(101,102)108-83-89(81-104-91(96)75-68-61-54-49-48-52-59-66-73-86(7)10-3)110-93(98)77-70-63-56-47-42-37-32-27-28-33-38-43-50-57-64-71-84(4)5/h84-89,94H,8-83H2,1-7H3,(H,99,100)(H,101,102)/t85?,86?,87-,88-,89-/m1/s1. The summed E-state index contributed by atoms with van der Waals surface area (Å²) in [5.74, 6) is 0.355. The third-order valence-corrected chi connectivity index (χ3v) is 24.5. The maximum atomic E-state index is 13.2. The molecule has 3 N–H and O–H groups in total. The molecule has 0 aromatic heterocycles. The molecule has 0 heterocycles. The molecule has 0 radical (unpaired) electrons. The summed E-state index contributed by atoms with van der Waals surface area (Å²) >= 11 is 0. The number of carbonyl (C=O) groups is 4. The molecule has 0 bridgehead atoms.